The summed E-state index contributed by atoms with van der Waals surface area (Å²) in [6.45, 7) is 2.82. The zero-order valence-electron chi connectivity index (χ0n) is 15.5. The van der Waals surface area contributed by atoms with Crippen molar-refractivity contribution in [2.75, 3.05) is 23.4 Å². The molecule has 0 saturated carbocycles. The Morgan fingerprint density at radius 3 is 2.79 bits per heavy atom. The summed E-state index contributed by atoms with van der Waals surface area (Å²) >= 11 is 0. The molecule has 1 aliphatic heterocycles. The van der Waals surface area contributed by atoms with E-state index in [9.17, 15) is 23.1 Å². The number of carbonyl (C=O) groups is 2. The number of ether oxygens (including phenoxy) is 1. The highest BCUT2D eigenvalue weighted by molar-refractivity contribution is 7.91. The summed E-state index contributed by atoms with van der Waals surface area (Å²) in [5.74, 6) is -1.20. The number of rotatable bonds is 5. The molecule has 0 radical (unpaired) electrons. The first kappa shape index (κ1) is 19.9. The molecule has 3 rings (SSSR count). The summed E-state index contributed by atoms with van der Waals surface area (Å²) < 4.78 is 29.9. The Morgan fingerprint density at radius 1 is 1.36 bits per heavy atom. The molecule has 1 amide bonds. The molecule has 1 aromatic carbocycles. The van der Waals surface area contributed by atoms with E-state index in [4.69, 9.17) is 4.74 Å². The fraction of sp³-hybridized carbons (Fsp3) is 0.389. The first-order valence-corrected chi connectivity index (χ1v) is 10.5. The van der Waals surface area contributed by atoms with Crippen molar-refractivity contribution in [3.05, 3.63) is 41.1 Å². The van der Waals surface area contributed by atoms with Crippen molar-refractivity contribution in [2.24, 2.45) is 0 Å². The number of para-hydroxylation sites is 1. The van der Waals surface area contributed by atoms with E-state index in [2.05, 4.69) is 10.4 Å². The minimum absolute atomic E-state index is 0.0233. The Bertz CT molecular complexity index is 1030. The molecule has 1 aromatic heterocycles. The summed E-state index contributed by atoms with van der Waals surface area (Å²) in [4.78, 5) is 24.3. The lowest BCUT2D eigenvalue weighted by molar-refractivity contribution is -0.119. The second-order valence-corrected chi connectivity index (χ2v) is 9.00. The van der Waals surface area contributed by atoms with Crippen LogP contribution in [0.25, 0.3) is 0 Å². The molecular formula is C18H21N3O6S. The van der Waals surface area contributed by atoms with E-state index in [1.54, 1.807) is 32.0 Å². The van der Waals surface area contributed by atoms with Gasteiger partial charge in [0.2, 0.25) is 0 Å². The van der Waals surface area contributed by atoms with Gasteiger partial charge in [-0.25, -0.2) is 17.9 Å². The molecule has 1 aliphatic rings. The predicted molar refractivity (Wildman–Crippen MR) is 101 cm³/mol. The monoisotopic (exact) mass is 407 g/mol. The van der Waals surface area contributed by atoms with Crippen molar-refractivity contribution in [2.45, 2.75) is 26.3 Å². The number of phenols is 1. The van der Waals surface area contributed by atoms with Gasteiger partial charge in [0.15, 0.2) is 16.4 Å². The fourth-order valence-corrected chi connectivity index (χ4v) is 4.76. The standard InChI is InChI=1S/C18H21N3O6S/c1-11-4-3-5-14(17(11)23)18(24)27-9-16(22)19-15-8-12(2)20-21(15)13-6-7-28(25,26)10-13/h3-5,8,13,23H,6-7,9-10H2,1-2H3,(H,19,22). The number of aryl methyl sites for hydroxylation is 2. The third kappa shape index (κ3) is 4.33. The Balaban J connectivity index is 1.64. The fourth-order valence-electron chi connectivity index (χ4n) is 3.07. The molecule has 0 spiro atoms. The van der Waals surface area contributed by atoms with E-state index in [0.29, 0.717) is 23.5 Å². The van der Waals surface area contributed by atoms with Crippen LogP contribution in [-0.2, 0) is 19.4 Å². The number of hydrogen-bond acceptors (Lipinski definition) is 7. The van der Waals surface area contributed by atoms with E-state index < -0.39 is 28.3 Å². The van der Waals surface area contributed by atoms with Gasteiger partial charge in [0.05, 0.1) is 23.2 Å². The lowest BCUT2D eigenvalue weighted by atomic mass is 10.1. The highest BCUT2D eigenvalue weighted by Gasteiger charge is 2.31. The summed E-state index contributed by atoms with van der Waals surface area (Å²) in [7, 11) is -3.11. The molecule has 0 aliphatic carbocycles. The molecule has 1 unspecified atom stereocenters. The highest BCUT2D eigenvalue weighted by atomic mass is 32.2. The molecule has 1 atom stereocenters. The van der Waals surface area contributed by atoms with Crippen LogP contribution in [0, 0.1) is 13.8 Å². The molecule has 2 heterocycles. The van der Waals surface area contributed by atoms with Gasteiger partial charge in [-0.15, -0.1) is 0 Å². The molecule has 0 bridgehead atoms. The topological polar surface area (TPSA) is 128 Å². The number of esters is 1. The number of carbonyl (C=O) groups excluding carboxylic acids is 2. The van der Waals surface area contributed by atoms with Gasteiger partial charge in [-0.1, -0.05) is 12.1 Å². The number of hydrogen-bond donors (Lipinski definition) is 2. The number of aromatic nitrogens is 2. The Kier molecular flexibility index (Phi) is 5.41. The highest BCUT2D eigenvalue weighted by Crippen LogP contribution is 2.27. The second kappa shape index (κ2) is 7.63. The largest absolute Gasteiger partial charge is 0.507 e. The van der Waals surface area contributed by atoms with E-state index in [1.807, 2.05) is 0 Å². The minimum Gasteiger partial charge on any atom is -0.507 e. The average molecular weight is 407 g/mol. The summed E-state index contributed by atoms with van der Waals surface area (Å²) in [5, 5.41) is 16.8. The van der Waals surface area contributed by atoms with Gasteiger partial charge in [-0.2, -0.15) is 5.10 Å². The predicted octanol–water partition coefficient (Wildman–Crippen LogP) is 1.36. The van der Waals surface area contributed by atoms with E-state index in [1.165, 1.54) is 10.7 Å². The Labute approximate surface area is 162 Å². The molecule has 2 aromatic rings. The van der Waals surface area contributed by atoms with Gasteiger partial charge in [0.25, 0.3) is 5.91 Å². The van der Waals surface area contributed by atoms with Gasteiger partial charge < -0.3 is 15.2 Å². The van der Waals surface area contributed by atoms with E-state index >= 15 is 0 Å². The van der Waals surface area contributed by atoms with Gasteiger partial charge in [0, 0.05) is 6.07 Å². The van der Waals surface area contributed by atoms with Crippen LogP contribution in [-0.4, -0.2) is 53.3 Å². The SMILES string of the molecule is Cc1cc(NC(=O)COC(=O)c2cccc(C)c2O)n(C2CCS(=O)(=O)C2)n1. The smallest absolute Gasteiger partial charge is 0.342 e. The summed E-state index contributed by atoms with van der Waals surface area (Å²) in [6.07, 6.45) is 0.425. The van der Waals surface area contributed by atoms with Crippen LogP contribution in [0.4, 0.5) is 5.82 Å². The summed E-state index contributed by atoms with van der Waals surface area (Å²) in [6, 6.07) is 5.92. The molecule has 150 valence electrons. The normalized spacial score (nSPS) is 18.0. The average Bonchev–Trinajstić information content (AvgIpc) is 3.16. The number of aromatic hydroxyl groups is 1. The summed E-state index contributed by atoms with van der Waals surface area (Å²) in [5.41, 5.74) is 1.12. The lowest BCUT2D eigenvalue weighted by Gasteiger charge is -2.14. The van der Waals surface area contributed by atoms with Gasteiger partial charge in [0.1, 0.15) is 17.1 Å². The molecule has 10 heteroatoms. The van der Waals surface area contributed by atoms with Crippen molar-refractivity contribution >= 4 is 27.5 Å². The third-order valence-corrected chi connectivity index (χ3v) is 6.22. The number of benzene rings is 1. The number of nitrogens with one attached hydrogen (secondary N) is 1. The zero-order chi connectivity index (χ0) is 20.5. The zero-order valence-corrected chi connectivity index (χ0v) is 16.3. The Morgan fingerprint density at radius 2 is 2.11 bits per heavy atom. The third-order valence-electron chi connectivity index (χ3n) is 4.47. The van der Waals surface area contributed by atoms with Crippen LogP contribution >= 0.6 is 0 Å². The Hall–Kier alpha value is -2.88. The van der Waals surface area contributed by atoms with Crippen LogP contribution in [0.15, 0.2) is 24.3 Å². The van der Waals surface area contributed by atoms with Gasteiger partial charge in [-0.05, 0) is 31.9 Å². The van der Waals surface area contributed by atoms with Crippen LogP contribution in [0.5, 0.6) is 5.75 Å². The molecule has 28 heavy (non-hydrogen) atoms. The van der Waals surface area contributed by atoms with Crippen molar-refractivity contribution < 1.29 is 27.9 Å². The molecule has 1 saturated heterocycles. The quantitative estimate of drug-likeness (QED) is 0.716. The number of nitrogens with zero attached hydrogens (tertiary/aromatic N) is 2. The second-order valence-electron chi connectivity index (χ2n) is 6.77. The number of sulfone groups is 1. The number of amides is 1. The molecule has 2 N–H and O–H groups in total. The van der Waals surface area contributed by atoms with Crippen LogP contribution < -0.4 is 5.32 Å². The van der Waals surface area contributed by atoms with E-state index in [-0.39, 0.29) is 28.9 Å². The van der Waals surface area contributed by atoms with Crippen molar-refractivity contribution in [3.63, 3.8) is 0 Å². The van der Waals surface area contributed by atoms with Crippen molar-refractivity contribution in [3.8, 4) is 5.75 Å². The van der Waals surface area contributed by atoms with Crippen molar-refractivity contribution in [1.29, 1.82) is 0 Å². The van der Waals surface area contributed by atoms with E-state index in [0.717, 1.165) is 0 Å². The first-order chi connectivity index (χ1) is 13.2. The van der Waals surface area contributed by atoms with Crippen LogP contribution in [0.2, 0.25) is 0 Å². The number of anilines is 1. The maximum absolute atomic E-state index is 12.2. The van der Waals surface area contributed by atoms with Gasteiger partial charge in [-0.3, -0.25) is 4.79 Å². The maximum atomic E-state index is 12.2. The molecular weight excluding hydrogens is 386 g/mol. The van der Waals surface area contributed by atoms with Crippen LogP contribution in [0.1, 0.15) is 34.1 Å². The van der Waals surface area contributed by atoms with Crippen molar-refractivity contribution in [1.82, 2.24) is 9.78 Å². The molecule has 1 fully saturated rings. The van der Waals surface area contributed by atoms with Gasteiger partial charge >= 0.3 is 5.97 Å². The number of phenolic OH excluding ortho intramolecular Hbond substituents is 1. The molecule has 9 nitrogen and oxygen atoms in total. The lowest BCUT2D eigenvalue weighted by Crippen LogP contribution is -2.24. The minimum atomic E-state index is -3.11. The van der Waals surface area contributed by atoms with Crippen LogP contribution in [0.3, 0.4) is 0 Å². The maximum Gasteiger partial charge on any atom is 0.342 e. The first-order valence-electron chi connectivity index (χ1n) is 8.68.